The zero-order chi connectivity index (χ0) is 13.8. The molecule has 1 N–H and O–H groups in total. The molecule has 0 saturated carbocycles. The third-order valence-corrected chi connectivity index (χ3v) is 3.50. The molecule has 0 aliphatic rings. The summed E-state index contributed by atoms with van der Waals surface area (Å²) >= 11 is 0. The normalized spacial score (nSPS) is 12.8. The molecule has 1 unspecified atom stereocenters. The summed E-state index contributed by atoms with van der Waals surface area (Å²) in [6.07, 6.45) is 3.13. The van der Waals surface area contributed by atoms with Crippen LogP contribution in [0, 0.1) is 13.8 Å². The maximum atomic E-state index is 5.14. The lowest BCUT2D eigenvalue weighted by Gasteiger charge is -2.08. The average Bonchev–Trinajstić information content (AvgIpc) is 2.99. The molecule has 5 heteroatoms. The first kappa shape index (κ1) is 13.8. The first-order valence-electron chi connectivity index (χ1n) is 6.78. The predicted molar refractivity (Wildman–Crippen MR) is 73.7 cm³/mol. The summed E-state index contributed by atoms with van der Waals surface area (Å²) in [5.41, 5.74) is 3.16. The Hall–Kier alpha value is -1.62. The third-order valence-electron chi connectivity index (χ3n) is 3.50. The molecule has 0 bridgehead atoms. The summed E-state index contributed by atoms with van der Waals surface area (Å²) in [7, 11) is 0. The van der Waals surface area contributed by atoms with Crippen LogP contribution < -0.4 is 5.32 Å². The van der Waals surface area contributed by atoms with Gasteiger partial charge in [0.2, 0.25) is 0 Å². The fourth-order valence-corrected chi connectivity index (χ4v) is 1.97. The van der Waals surface area contributed by atoms with Crippen LogP contribution in [0.2, 0.25) is 0 Å². The summed E-state index contributed by atoms with van der Waals surface area (Å²) < 4.78 is 7.16. The van der Waals surface area contributed by atoms with Gasteiger partial charge in [-0.1, -0.05) is 12.1 Å². The lowest BCUT2D eigenvalue weighted by molar-refractivity contribution is 0.391. The molecular weight excluding hydrogens is 240 g/mol. The van der Waals surface area contributed by atoms with E-state index in [-0.39, 0.29) is 0 Å². The van der Waals surface area contributed by atoms with Gasteiger partial charge in [-0.15, -0.1) is 0 Å². The number of aromatic nitrogens is 3. The Morgan fingerprint density at radius 3 is 2.79 bits per heavy atom. The molecule has 2 aromatic heterocycles. The number of aryl methyl sites for hydroxylation is 2. The first-order valence-corrected chi connectivity index (χ1v) is 6.78. The van der Waals surface area contributed by atoms with Crippen LogP contribution >= 0.6 is 0 Å². The predicted octanol–water partition coefficient (Wildman–Crippen LogP) is 2.75. The largest absolute Gasteiger partial charge is 0.361 e. The van der Waals surface area contributed by atoms with Gasteiger partial charge < -0.3 is 9.84 Å². The smallest absolute Gasteiger partial charge is 0.138 e. The van der Waals surface area contributed by atoms with Gasteiger partial charge in [-0.2, -0.15) is 5.10 Å². The minimum atomic E-state index is 0.455. The molecule has 0 amide bonds. The Morgan fingerprint density at radius 1 is 1.37 bits per heavy atom. The molecule has 0 fully saturated rings. The van der Waals surface area contributed by atoms with E-state index in [1.807, 2.05) is 24.7 Å². The first-order chi connectivity index (χ1) is 9.11. The molecule has 1 atom stereocenters. The Balaban J connectivity index is 1.88. The molecule has 0 spiro atoms. The van der Waals surface area contributed by atoms with Crippen LogP contribution in [0.1, 0.15) is 49.0 Å². The van der Waals surface area contributed by atoms with Crippen molar-refractivity contribution in [2.75, 3.05) is 0 Å². The topological polar surface area (TPSA) is 55.9 Å². The third kappa shape index (κ3) is 3.23. The molecule has 0 aliphatic heterocycles. The lowest BCUT2D eigenvalue weighted by atomic mass is 10.2. The molecule has 2 heterocycles. The van der Waals surface area contributed by atoms with Gasteiger partial charge in [0.15, 0.2) is 0 Å². The minimum absolute atomic E-state index is 0.455. The van der Waals surface area contributed by atoms with E-state index in [2.05, 4.69) is 35.5 Å². The van der Waals surface area contributed by atoms with Crippen LogP contribution in [-0.4, -0.2) is 14.9 Å². The van der Waals surface area contributed by atoms with Gasteiger partial charge in [-0.3, -0.25) is 4.68 Å². The van der Waals surface area contributed by atoms with Gasteiger partial charge in [0.25, 0.3) is 0 Å². The summed E-state index contributed by atoms with van der Waals surface area (Å²) in [5, 5.41) is 11.9. The van der Waals surface area contributed by atoms with Crippen molar-refractivity contribution in [2.24, 2.45) is 0 Å². The Morgan fingerprint density at radius 2 is 2.16 bits per heavy atom. The maximum absolute atomic E-state index is 5.14. The number of hydrogen-bond acceptors (Lipinski definition) is 4. The zero-order valence-electron chi connectivity index (χ0n) is 12.1. The molecule has 2 aromatic rings. The highest BCUT2D eigenvalue weighted by Gasteiger charge is 2.09. The van der Waals surface area contributed by atoms with E-state index < -0.39 is 0 Å². The van der Waals surface area contributed by atoms with E-state index >= 15 is 0 Å². The lowest BCUT2D eigenvalue weighted by Crippen LogP contribution is -2.14. The van der Waals surface area contributed by atoms with Gasteiger partial charge in [0.1, 0.15) is 5.76 Å². The second-order valence-electron chi connectivity index (χ2n) is 4.95. The van der Waals surface area contributed by atoms with E-state index in [0.717, 1.165) is 42.2 Å². The summed E-state index contributed by atoms with van der Waals surface area (Å²) in [6, 6.07) is 2.52. The van der Waals surface area contributed by atoms with Crippen molar-refractivity contribution in [3.05, 3.63) is 35.0 Å². The van der Waals surface area contributed by atoms with Crippen LogP contribution in [0.4, 0.5) is 0 Å². The van der Waals surface area contributed by atoms with Crippen molar-refractivity contribution in [1.29, 1.82) is 0 Å². The van der Waals surface area contributed by atoms with E-state index in [1.165, 1.54) is 0 Å². The van der Waals surface area contributed by atoms with E-state index in [1.54, 1.807) is 0 Å². The van der Waals surface area contributed by atoms with Gasteiger partial charge in [-0.25, -0.2) is 0 Å². The second-order valence-corrected chi connectivity index (χ2v) is 4.95. The van der Waals surface area contributed by atoms with Gasteiger partial charge in [0.05, 0.1) is 11.4 Å². The van der Waals surface area contributed by atoms with Gasteiger partial charge in [-0.05, 0) is 33.3 Å². The standard InChI is InChI=1S/C14H22N4O/c1-5-10(2)18-7-6-13(16-18)8-15-9-14-11(3)17-19-12(14)4/h6-7,10,15H,5,8-9H2,1-4H3. The molecular formula is C14H22N4O. The summed E-state index contributed by atoms with van der Waals surface area (Å²) in [5.74, 6) is 0.884. The number of rotatable bonds is 6. The number of nitrogens with zero attached hydrogens (tertiary/aromatic N) is 3. The van der Waals surface area contributed by atoms with Crippen molar-refractivity contribution in [2.45, 2.75) is 53.2 Å². The highest BCUT2D eigenvalue weighted by atomic mass is 16.5. The van der Waals surface area contributed by atoms with Crippen LogP contribution in [0.15, 0.2) is 16.8 Å². The van der Waals surface area contributed by atoms with Crippen molar-refractivity contribution in [3.63, 3.8) is 0 Å². The molecule has 19 heavy (non-hydrogen) atoms. The fraction of sp³-hybridized carbons (Fsp3) is 0.571. The molecule has 2 rings (SSSR count). The van der Waals surface area contributed by atoms with Crippen molar-refractivity contribution < 1.29 is 4.52 Å². The van der Waals surface area contributed by atoms with Crippen LogP contribution in [0.3, 0.4) is 0 Å². The number of nitrogens with one attached hydrogen (secondary N) is 1. The SMILES string of the molecule is CCC(C)n1ccc(CNCc2c(C)noc2C)n1. The summed E-state index contributed by atoms with van der Waals surface area (Å²) in [4.78, 5) is 0. The van der Waals surface area contributed by atoms with Crippen LogP contribution in [0.25, 0.3) is 0 Å². The van der Waals surface area contributed by atoms with Crippen LogP contribution in [-0.2, 0) is 13.1 Å². The van der Waals surface area contributed by atoms with E-state index in [9.17, 15) is 0 Å². The Labute approximate surface area is 114 Å². The maximum Gasteiger partial charge on any atom is 0.138 e. The van der Waals surface area contributed by atoms with Crippen molar-refractivity contribution in [1.82, 2.24) is 20.3 Å². The van der Waals surface area contributed by atoms with Crippen LogP contribution in [0.5, 0.6) is 0 Å². The molecule has 0 saturated heterocycles. The highest BCUT2D eigenvalue weighted by Crippen LogP contribution is 2.12. The minimum Gasteiger partial charge on any atom is -0.361 e. The molecule has 0 aromatic carbocycles. The Bertz CT molecular complexity index is 510. The second kappa shape index (κ2) is 6.02. The van der Waals surface area contributed by atoms with E-state index in [4.69, 9.17) is 4.52 Å². The molecule has 0 aliphatic carbocycles. The quantitative estimate of drug-likeness (QED) is 0.869. The van der Waals surface area contributed by atoms with Crippen molar-refractivity contribution >= 4 is 0 Å². The fourth-order valence-electron chi connectivity index (χ4n) is 1.97. The highest BCUT2D eigenvalue weighted by molar-refractivity contribution is 5.20. The van der Waals surface area contributed by atoms with Gasteiger partial charge >= 0.3 is 0 Å². The van der Waals surface area contributed by atoms with Gasteiger partial charge in [0, 0.05) is 30.9 Å². The molecule has 5 nitrogen and oxygen atoms in total. The van der Waals surface area contributed by atoms with E-state index in [0.29, 0.717) is 6.04 Å². The number of hydrogen-bond donors (Lipinski definition) is 1. The average molecular weight is 262 g/mol. The monoisotopic (exact) mass is 262 g/mol. The molecule has 0 radical (unpaired) electrons. The Kier molecular flexibility index (Phi) is 4.37. The van der Waals surface area contributed by atoms with Crippen molar-refractivity contribution in [3.8, 4) is 0 Å². The zero-order valence-corrected chi connectivity index (χ0v) is 12.1. The summed E-state index contributed by atoms with van der Waals surface area (Å²) in [6.45, 7) is 9.76. The molecule has 104 valence electrons.